The first-order valence-electron chi connectivity index (χ1n) is 6.44. The molecule has 0 amide bonds. The Hall–Kier alpha value is -1.22. The third-order valence-corrected chi connectivity index (χ3v) is 4.66. The second-order valence-electron chi connectivity index (χ2n) is 4.18. The number of benzene rings is 1. The van der Waals surface area contributed by atoms with Crippen LogP contribution in [-0.4, -0.2) is 20.4 Å². The van der Waals surface area contributed by atoms with Crippen molar-refractivity contribution in [1.29, 1.82) is 0 Å². The number of rotatable bonds is 5. The third kappa shape index (κ3) is 5.53. The van der Waals surface area contributed by atoms with E-state index in [9.17, 15) is 4.79 Å². The molecule has 0 aliphatic carbocycles. The van der Waals surface area contributed by atoms with Crippen LogP contribution in [0.25, 0.3) is 0 Å². The number of thiocarbonyl (C=S) groups is 1. The van der Waals surface area contributed by atoms with Crippen molar-refractivity contribution in [2.45, 2.75) is 24.1 Å². The van der Waals surface area contributed by atoms with Gasteiger partial charge in [0.25, 0.3) is 0 Å². The van der Waals surface area contributed by atoms with Crippen molar-refractivity contribution >= 4 is 68.0 Å². The van der Waals surface area contributed by atoms with Gasteiger partial charge in [0.15, 0.2) is 14.6 Å². The molecule has 0 fully saturated rings. The van der Waals surface area contributed by atoms with Crippen LogP contribution in [0.2, 0.25) is 5.02 Å². The fraction of sp³-hybridized carbons (Fsp3) is 0.231. The van der Waals surface area contributed by atoms with E-state index in [0.29, 0.717) is 26.0 Å². The number of nitrogens with zero attached hydrogens (tertiary/aromatic N) is 2. The van der Waals surface area contributed by atoms with E-state index in [1.165, 1.54) is 11.3 Å². The number of thioether (sulfide) groups is 1. The van der Waals surface area contributed by atoms with E-state index in [2.05, 4.69) is 20.8 Å². The summed E-state index contributed by atoms with van der Waals surface area (Å²) in [4.78, 5) is 11.5. The average Bonchev–Trinajstić information content (AvgIpc) is 2.88. The molecule has 0 saturated carbocycles. The number of hydrogen-bond donors (Lipinski definition) is 2. The molecule has 2 aromatic rings. The monoisotopic (exact) mass is 372 g/mol. The van der Waals surface area contributed by atoms with Gasteiger partial charge in [-0.2, -0.15) is 0 Å². The highest BCUT2D eigenvalue weighted by Crippen LogP contribution is 2.27. The van der Waals surface area contributed by atoms with Gasteiger partial charge < -0.3 is 10.6 Å². The van der Waals surface area contributed by atoms with Gasteiger partial charge in [-0.1, -0.05) is 29.9 Å². The quantitative estimate of drug-likeness (QED) is 0.594. The van der Waals surface area contributed by atoms with E-state index in [4.69, 9.17) is 23.8 Å². The predicted molar refractivity (Wildman–Crippen MR) is 97.0 cm³/mol. The molecular weight excluding hydrogens is 360 g/mol. The van der Waals surface area contributed by atoms with Gasteiger partial charge in [0.05, 0.1) is 0 Å². The summed E-state index contributed by atoms with van der Waals surface area (Å²) in [5.41, 5.74) is 0.819. The van der Waals surface area contributed by atoms with Crippen LogP contribution in [0.1, 0.15) is 19.8 Å². The molecule has 22 heavy (non-hydrogen) atoms. The second-order valence-corrected chi connectivity index (χ2v) is 7.31. The summed E-state index contributed by atoms with van der Waals surface area (Å²) in [7, 11) is 0. The molecule has 9 heteroatoms. The molecule has 0 saturated heterocycles. The minimum Gasteiger partial charge on any atom is -0.332 e. The molecule has 5 nitrogen and oxygen atoms in total. The fourth-order valence-corrected chi connectivity index (χ4v) is 3.60. The van der Waals surface area contributed by atoms with Crippen LogP contribution in [0.4, 0.5) is 10.8 Å². The molecule has 2 rings (SSSR count). The summed E-state index contributed by atoms with van der Waals surface area (Å²) in [6.07, 6.45) is 1.36. The van der Waals surface area contributed by atoms with Crippen LogP contribution in [-0.2, 0) is 4.79 Å². The topological polar surface area (TPSA) is 66.9 Å². The van der Waals surface area contributed by atoms with Crippen molar-refractivity contribution in [3.05, 3.63) is 29.3 Å². The maximum absolute atomic E-state index is 11.5. The maximum Gasteiger partial charge on any atom is 0.212 e. The number of nitrogens with one attached hydrogen (secondary N) is 2. The van der Waals surface area contributed by atoms with Crippen molar-refractivity contribution in [3.8, 4) is 0 Å². The molecule has 0 spiro atoms. The molecule has 2 N–H and O–H groups in total. The lowest BCUT2D eigenvalue weighted by molar-refractivity contribution is -0.111. The summed E-state index contributed by atoms with van der Waals surface area (Å²) in [5, 5.41) is 15.6. The van der Waals surface area contributed by atoms with Gasteiger partial charge in [-0.25, -0.2) is 0 Å². The van der Waals surface area contributed by atoms with E-state index in [1.54, 1.807) is 12.1 Å². The van der Waals surface area contributed by atoms with Crippen molar-refractivity contribution in [3.63, 3.8) is 0 Å². The predicted octanol–water partition coefficient (Wildman–Crippen LogP) is 4.42. The van der Waals surface area contributed by atoms with Gasteiger partial charge in [0.2, 0.25) is 5.13 Å². The molecule has 1 heterocycles. The van der Waals surface area contributed by atoms with Gasteiger partial charge >= 0.3 is 0 Å². The summed E-state index contributed by atoms with van der Waals surface area (Å²) < 4.78 is 0.607. The Bertz CT molecular complexity index is 660. The number of aromatic nitrogens is 2. The van der Waals surface area contributed by atoms with E-state index in [0.717, 1.165) is 23.9 Å². The minimum atomic E-state index is 0.0899. The Balaban J connectivity index is 1.88. The van der Waals surface area contributed by atoms with E-state index in [-0.39, 0.29) is 5.12 Å². The summed E-state index contributed by atoms with van der Waals surface area (Å²) in [5.74, 6) is 0. The molecule has 116 valence electrons. The lowest BCUT2D eigenvalue weighted by atomic mass is 10.3. The molecule has 1 aromatic heterocycles. The van der Waals surface area contributed by atoms with Crippen LogP contribution in [0.15, 0.2) is 28.6 Å². The van der Waals surface area contributed by atoms with Crippen molar-refractivity contribution in [2.75, 3.05) is 10.6 Å². The molecule has 0 unspecified atom stereocenters. The average molecular weight is 373 g/mol. The van der Waals surface area contributed by atoms with Crippen LogP contribution in [0, 0.1) is 0 Å². The normalized spacial score (nSPS) is 10.3. The lowest BCUT2D eigenvalue weighted by Crippen LogP contribution is -2.18. The summed E-state index contributed by atoms with van der Waals surface area (Å²) in [6.45, 7) is 1.96. The van der Waals surface area contributed by atoms with Crippen LogP contribution >= 0.6 is 46.9 Å². The molecule has 0 aliphatic rings. The number of anilines is 2. The van der Waals surface area contributed by atoms with Crippen molar-refractivity contribution < 1.29 is 4.79 Å². The zero-order chi connectivity index (χ0) is 15.9. The minimum absolute atomic E-state index is 0.0899. The highest BCUT2D eigenvalue weighted by molar-refractivity contribution is 8.14. The number of hydrogen-bond acceptors (Lipinski definition) is 6. The molecule has 0 atom stereocenters. The summed E-state index contributed by atoms with van der Waals surface area (Å²) >= 11 is 13.4. The third-order valence-electron chi connectivity index (χ3n) is 2.38. The largest absolute Gasteiger partial charge is 0.332 e. The SMILES string of the molecule is CCCC(=O)Sc1nnc(NC(=S)Nc2ccc(Cl)cc2)s1. The fourth-order valence-electron chi connectivity index (χ4n) is 1.45. The first-order valence-corrected chi connectivity index (χ1v) is 8.86. The highest BCUT2D eigenvalue weighted by atomic mass is 35.5. The number of halogens is 1. The number of carbonyl (C=O) groups is 1. The zero-order valence-electron chi connectivity index (χ0n) is 11.6. The van der Waals surface area contributed by atoms with E-state index < -0.39 is 0 Å². The maximum atomic E-state index is 11.5. The molecule has 0 radical (unpaired) electrons. The van der Waals surface area contributed by atoms with Gasteiger partial charge in [-0.3, -0.25) is 4.79 Å². The van der Waals surface area contributed by atoms with Gasteiger partial charge in [-0.05, 0) is 54.7 Å². The molecular formula is C13H13ClN4OS3. The van der Waals surface area contributed by atoms with Crippen LogP contribution < -0.4 is 10.6 Å². The standard InChI is InChI=1S/C13H13ClN4OS3/c1-2-3-10(19)21-13-18-17-12(22-13)16-11(20)15-9-6-4-8(14)5-7-9/h4-7H,2-3H2,1H3,(H2,15,16,17,20). The van der Waals surface area contributed by atoms with E-state index >= 15 is 0 Å². The van der Waals surface area contributed by atoms with Crippen LogP contribution in [0.5, 0.6) is 0 Å². The van der Waals surface area contributed by atoms with Gasteiger partial charge in [0, 0.05) is 17.1 Å². The molecule has 0 bridgehead atoms. The van der Waals surface area contributed by atoms with E-state index in [1.807, 2.05) is 19.1 Å². The zero-order valence-corrected chi connectivity index (χ0v) is 14.8. The lowest BCUT2D eigenvalue weighted by Gasteiger charge is -2.07. The van der Waals surface area contributed by atoms with Gasteiger partial charge in [-0.15, -0.1) is 10.2 Å². The Labute approximate surface area is 146 Å². The Kier molecular flexibility index (Phi) is 6.56. The van der Waals surface area contributed by atoms with Crippen molar-refractivity contribution in [1.82, 2.24) is 10.2 Å². The van der Waals surface area contributed by atoms with Crippen molar-refractivity contribution in [2.24, 2.45) is 0 Å². The first kappa shape index (κ1) is 17.1. The highest BCUT2D eigenvalue weighted by Gasteiger charge is 2.10. The summed E-state index contributed by atoms with van der Waals surface area (Å²) in [6, 6.07) is 7.18. The Morgan fingerprint density at radius 1 is 1.32 bits per heavy atom. The second kappa shape index (κ2) is 8.42. The number of carbonyl (C=O) groups excluding carboxylic acids is 1. The first-order chi connectivity index (χ1) is 10.6. The van der Waals surface area contributed by atoms with Gasteiger partial charge in [0.1, 0.15) is 0 Å². The Morgan fingerprint density at radius 3 is 2.73 bits per heavy atom. The van der Waals surface area contributed by atoms with Crippen LogP contribution in [0.3, 0.4) is 0 Å². The molecule has 0 aliphatic heterocycles. The molecule has 1 aromatic carbocycles. The Morgan fingerprint density at radius 2 is 2.05 bits per heavy atom. The smallest absolute Gasteiger partial charge is 0.212 e.